The van der Waals surface area contributed by atoms with Crippen molar-refractivity contribution in [2.24, 2.45) is 5.73 Å². The molecule has 0 aliphatic heterocycles. The van der Waals surface area contributed by atoms with Gasteiger partial charge >= 0.3 is 0 Å². The molecule has 18 heavy (non-hydrogen) atoms. The van der Waals surface area contributed by atoms with E-state index >= 15 is 0 Å². The van der Waals surface area contributed by atoms with E-state index in [4.69, 9.17) is 5.73 Å². The van der Waals surface area contributed by atoms with Gasteiger partial charge in [-0.25, -0.2) is 0 Å². The predicted octanol–water partition coefficient (Wildman–Crippen LogP) is 3.50. The molecule has 2 N–H and O–H groups in total. The standard InChI is InChI=1S/C16H23NO/c1-16(2,15(17)18)14-11-7-6-10-13(14)12-8-4-3-5-9-12/h6-7,10-12H,3-5,8-9H2,1-2H3,(H2,17,18). The van der Waals surface area contributed by atoms with Crippen LogP contribution in [0.3, 0.4) is 0 Å². The molecule has 1 amide bonds. The second kappa shape index (κ2) is 5.13. The molecule has 2 nitrogen and oxygen atoms in total. The summed E-state index contributed by atoms with van der Waals surface area (Å²) in [5.41, 5.74) is 7.44. The van der Waals surface area contributed by atoms with Gasteiger partial charge < -0.3 is 5.73 Å². The van der Waals surface area contributed by atoms with Gasteiger partial charge in [0.15, 0.2) is 0 Å². The molecule has 0 unspecified atom stereocenters. The first-order valence-corrected chi connectivity index (χ1v) is 6.93. The maximum atomic E-state index is 11.7. The van der Waals surface area contributed by atoms with Crippen LogP contribution in [0.25, 0.3) is 0 Å². The van der Waals surface area contributed by atoms with E-state index in [1.54, 1.807) is 0 Å². The van der Waals surface area contributed by atoms with E-state index in [0.29, 0.717) is 5.92 Å². The smallest absolute Gasteiger partial charge is 0.227 e. The number of nitrogens with two attached hydrogens (primary N) is 1. The molecule has 0 saturated heterocycles. The minimum atomic E-state index is -0.575. The number of primary amides is 1. The molecule has 98 valence electrons. The Morgan fingerprint density at radius 3 is 2.39 bits per heavy atom. The fourth-order valence-corrected chi connectivity index (χ4v) is 2.97. The highest BCUT2D eigenvalue weighted by molar-refractivity contribution is 5.86. The SMILES string of the molecule is CC(C)(C(N)=O)c1ccccc1C1CCCCC1. The third-order valence-electron chi connectivity index (χ3n) is 4.30. The quantitative estimate of drug-likeness (QED) is 0.870. The number of carbonyl (C=O) groups excluding carboxylic acids is 1. The number of carbonyl (C=O) groups is 1. The highest BCUT2D eigenvalue weighted by Crippen LogP contribution is 2.38. The van der Waals surface area contributed by atoms with Crippen LogP contribution in [-0.2, 0) is 10.2 Å². The zero-order valence-corrected chi connectivity index (χ0v) is 11.4. The van der Waals surface area contributed by atoms with E-state index in [1.807, 2.05) is 19.9 Å². The number of amides is 1. The summed E-state index contributed by atoms with van der Waals surface area (Å²) >= 11 is 0. The highest BCUT2D eigenvalue weighted by atomic mass is 16.1. The number of hydrogen-bond donors (Lipinski definition) is 1. The third kappa shape index (κ3) is 2.43. The first-order chi connectivity index (χ1) is 8.53. The normalized spacial score (nSPS) is 17.7. The predicted molar refractivity (Wildman–Crippen MR) is 74.5 cm³/mol. The van der Waals surface area contributed by atoms with Crippen molar-refractivity contribution in [3.8, 4) is 0 Å². The van der Waals surface area contributed by atoms with Gasteiger partial charge in [0.2, 0.25) is 5.91 Å². The third-order valence-corrected chi connectivity index (χ3v) is 4.30. The monoisotopic (exact) mass is 245 g/mol. The second-order valence-corrected chi connectivity index (χ2v) is 5.91. The maximum Gasteiger partial charge on any atom is 0.227 e. The second-order valence-electron chi connectivity index (χ2n) is 5.91. The molecule has 0 spiro atoms. The number of benzene rings is 1. The zero-order chi connectivity index (χ0) is 13.2. The van der Waals surface area contributed by atoms with Crippen LogP contribution in [0.2, 0.25) is 0 Å². The van der Waals surface area contributed by atoms with E-state index < -0.39 is 5.41 Å². The lowest BCUT2D eigenvalue weighted by Gasteiger charge is -2.30. The molecule has 1 fully saturated rings. The number of rotatable bonds is 3. The van der Waals surface area contributed by atoms with Gasteiger partial charge in [0, 0.05) is 0 Å². The fourth-order valence-electron chi connectivity index (χ4n) is 2.97. The van der Waals surface area contributed by atoms with Crippen molar-refractivity contribution in [1.29, 1.82) is 0 Å². The van der Waals surface area contributed by atoms with E-state index in [1.165, 1.54) is 37.7 Å². The Labute approximate surface area is 110 Å². The number of hydrogen-bond acceptors (Lipinski definition) is 1. The zero-order valence-electron chi connectivity index (χ0n) is 11.4. The minimum Gasteiger partial charge on any atom is -0.369 e. The van der Waals surface area contributed by atoms with Crippen molar-refractivity contribution in [2.75, 3.05) is 0 Å². The van der Waals surface area contributed by atoms with Crippen molar-refractivity contribution >= 4 is 5.91 Å². The minimum absolute atomic E-state index is 0.245. The van der Waals surface area contributed by atoms with Crippen molar-refractivity contribution in [1.82, 2.24) is 0 Å². The van der Waals surface area contributed by atoms with E-state index in [0.717, 1.165) is 5.56 Å². The Morgan fingerprint density at radius 2 is 1.78 bits per heavy atom. The summed E-state index contributed by atoms with van der Waals surface area (Å²) in [7, 11) is 0. The van der Waals surface area contributed by atoms with Gasteiger partial charge in [-0.2, -0.15) is 0 Å². The van der Waals surface area contributed by atoms with Crippen LogP contribution in [-0.4, -0.2) is 5.91 Å². The van der Waals surface area contributed by atoms with Gasteiger partial charge in [-0.1, -0.05) is 43.5 Å². The summed E-state index contributed by atoms with van der Waals surface area (Å²) < 4.78 is 0. The molecular formula is C16H23NO. The summed E-state index contributed by atoms with van der Waals surface area (Å²) in [6, 6.07) is 8.32. The summed E-state index contributed by atoms with van der Waals surface area (Å²) in [5, 5.41) is 0. The fraction of sp³-hybridized carbons (Fsp3) is 0.562. The molecule has 0 aromatic heterocycles. The van der Waals surface area contributed by atoms with Crippen LogP contribution < -0.4 is 5.73 Å². The lowest BCUT2D eigenvalue weighted by molar-refractivity contribution is -0.122. The van der Waals surface area contributed by atoms with Crippen molar-refractivity contribution in [3.05, 3.63) is 35.4 Å². The van der Waals surface area contributed by atoms with Crippen LogP contribution in [0.4, 0.5) is 0 Å². The summed E-state index contributed by atoms with van der Waals surface area (Å²) in [6.45, 7) is 3.86. The Morgan fingerprint density at radius 1 is 1.17 bits per heavy atom. The first-order valence-electron chi connectivity index (χ1n) is 6.93. The molecule has 2 rings (SSSR count). The maximum absolute atomic E-state index is 11.7. The molecule has 1 saturated carbocycles. The Balaban J connectivity index is 2.39. The molecule has 1 aromatic rings. The van der Waals surface area contributed by atoms with Gasteiger partial charge in [-0.15, -0.1) is 0 Å². The average molecular weight is 245 g/mol. The lowest BCUT2D eigenvalue weighted by atomic mass is 9.74. The van der Waals surface area contributed by atoms with Crippen LogP contribution in [0.1, 0.15) is 63.0 Å². The molecular weight excluding hydrogens is 222 g/mol. The van der Waals surface area contributed by atoms with E-state index in [9.17, 15) is 4.79 Å². The molecule has 0 atom stereocenters. The van der Waals surface area contributed by atoms with E-state index in [2.05, 4.69) is 18.2 Å². The van der Waals surface area contributed by atoms with Crippen LogP contribution >= 0.6 is 0 Å². The van der Waals surface area contributed by atoms with Gasteiger partial charge in [-0.05, 0) is 43.7 Å². The summed E-state index contributed by atoms with van der Waals surface area (Å²) in [6.07, 6.45) is 6.43. The first kappa shape index (κ1) is 13.1. The molecule has 1 aromatic carbocycles. The van der Waals surface area contributed by atoms with Gasteiger partial charge in [-0.3, -0.25) is 4.79 Å². The van der Waals surface area contributed by atoms with Crippen LogP contribution in [0, 0.1) is 0 Å². The summed E-state index contributed by atoms with van der Waals surface area (Å²) in [5.74, 6) is 0.360. The van der Waals surface area contributed by atoms with Crippen molar-refractivity contribution in [2.45, 2.75) is 57.3 Å². The molecule has 2 heteroatoms. The largest absolute Gasteiger partial charge is 0.369 e. The lowest BCUT2D eigenvalue weighted by Crippen LogP contribution is -2.36. The Bertz CT molecular complexity index is 430. The molecule has 0 heterocycles. The van der Waals surface area contributed by atoms with E-state index in [-0.39, 0.29) is 5.91 Å². The average Bonchev–Trinajstić information content (AvgIpc) is 2.39. The topological polar surface area (TPSA) is 43.1 Å². The van der Waals surface area contributed by atoms with Gasteiger partial charge in [0.1, 0.15) is 0 Å². The molecule has 1 aliphatic rings. The van der Waals surface area contributed by atoms with Gasteiger partial charge in [0.25, 0.3) is 0 Å². The van der Waals surface area contributed by atoms with Crippen LogP contribution in [0.15, 0.2) is 24.3 Å². The summed E-state index contributed by atoms with van der Waals surface area (Å²) in [4.78, 5) is 11.7. The van der Waals surface area contributed by atoms with Crippen LogP contribution in [0.5, 0.6) is 0 Å². The molecule has 0 radical (unpaired) electrons. The highest BCUT2D eigenvalue weighted by Gasteiger charge is 2.31. The van der Waals surface area contributed by atoms with Gasteiger partial charge in [0.05, 0.1) is 5.41 Å². The Kier molecular flexibility index (Phi) is 3.74. The molecule has 0 bridgehead atoms. The van der Waals surface area contributed by atoms with Crippen molar-refractivity contribution in [3.63, 3.8) is 0 Å². The van der Waals surface area contributed by atoms with Crippen molar-refractivity contribution < 1.29 is 4.79 Å². The molecule has 1 aliphatic carbocycles. The Hall–Kier alpha value is -1.31.